The fourth-order valence-corrected chi connectivity index (χ4v) is 3.93. The molecule has 0 heterocycles. The lowest BCUT2D eigenvalue weighted by Gasteiger charge is -2.09. The third-order valence-corrected chi connectivity index (χ3v) is 5.99. The van der Waals surface area contributed by atoms with Crippen LogP contribution >= 0.6 is 0 Å². The summed E-state index contributed by atoms with van der Waals surface area (Å²) in [5.41, 5.74) is 0. The molecular formula is C26H53NO. The molecule has 1 amide bonds. The van der Waals surface area contributed by atoms with E-state index in [0.29, 0.717) is 0 Å². The Morgan fingerprint density at radius 2 is 0.714 bits per heavy atom. The lowest BCUT2D eigenvalue weighted by molar-refractivity contribution is -0.128. The normalized spacial score (nSPS) is 11.1. The largest absolute Gasteiger partial charge is 0.349 e. The molecule has 0 saturated heterocycles. The van der Waals surface area contributed by atoms with Crippen molar-refractivity contribution in [2.75, 3.05) is 14.1 Å². The van der Waals surface area contributed by atoms with E-state index in [0.717, 1.165) is 12.8 Å². The molecule has 0 fully saturated rings. The summed E-state index contributed by atoms with van der Waals surface area (Å²) < 4.78 is 0. The van der Waals surface area contributed by atoms with E-state index in [2.05, 4.69) is 6.92 Å². The number of rotatable bonds is 22. The van der Waals surface area contributed by atoms with Crippen molar-refractivity contribution in [1.29, 1.82) is 0 Å². The zero-order valence-electron chi connectivity index (χ0n) is 19.9. The minimum absolute atomic E-state index is 0.276. The first-order valence-electron chi connectivity index (χ1n) is 12.9. The second kappa shape index (κ2) is 22.8. The van der Waals surface area contributed by atoms with Crippen molar-refractivity contribution in [3.63, 3.8) is 0 Å². The van der Waals surface area contributed by atoms with E-state index < -0.39 is 0 Å². The zero-order chi connectivity index (χ0) is 20.7. The molecule has 0 aromatic carbocycles. The van der Waals surface area contributed by atoms with Gasteiger partial charge in [0, 0.05) is 20.5 Å². The lowest BCUT2D eigenvalue weighted by Crippen LogP contribution is -2.20. The van der Waals surface area contributed by atoms with E-state index in [4.69, 9.17) is 0 Å². The van der Waals surface area contributed by atoms with Crippen molar-refractivity contribution in [2.24, 2.45) is 0 Å². The maximum absolute atomic E-state index is 11.5. The Bertz CT molecular complexity index is 314. The van der Waals surface area contributed by atoms with Gasteiger partial charge < -0.3 is 4.90 Å². The van der Waals surface area contributed by atoms with Crippen LogP contribution in [0.25, 0.3) is 0 Å². The summed E-state index contributed by atoms with van der Waals surface area (Å²) in [4.78, 5) is 13.2. The molecule has 0 rings (SSSR count). The summed E-state index contributed by atoms with van der Waals surface area (Å²) in [7, 11) is 3.69. The molecule has 168 valence electrons. The van der Waals surface area contributed by atoms with Gasteiger partial charge in [-0.05, 0) is 6.42 Å². The van der Waals surface area contributed by atoms with E-state index in [1.807, 2.05) is 14.1 Å². The summed E-state index contributed by atoms with van der Waals surface area (Å²) in [6.07, 6.45) is 30.2. The van der Waals surface area contributed by atoms with Crippen molar-refractivity contribution in [3.8, 4) is 0 Å². The number of unbranched alkanes of at least 4 members (excludes halogenated alkanes) is 20. The molecule has 0 unspecified atom stereocenters. The van der Waals surface area contributed by atoms with Crippen LogP contribution in [0.2, 0.25) is 0 Å². The molecule has 0 aromatic heterocycles. The second-order valence-corrected chi connectivity index (χ2v) is 9.11. The van der Waals surface area contributed by atoms with Crippen LogP contribution in [0.1, 0.15) is 148 Å². The highest BCUT2D eigenvalue weighted by Gasteiger charge is 2.02. The molecule has 2 nitrogen and oxygen atoms in total. The van der Waals surface area contributed by atoms with Crippen molar-refractivity contribution >= 4 is 5.91 Å². The summed E-state index contributed by atoms with van der Waals surface area (Å²) in [6.45, 7) is 2.29. The van der Waals surface area contributed by atoms with E-state index in [9.17, 15) is 4.79 Å². The van der Waals surface area contributed by atoms with Crippen LogP contribution in [0.15, 0.2) is 0 Å². The molecule has 0 aliphatic rings. The molecular weight excluding hydrogens is 342 g/mol. The smallest absolute Gasteiger partial charge is 0.222 e. The van der Waals surface area contributed by atoms with Gasteiger partial charge in [-0.2, -0.15) is 0 Å². The number of nitrogens with zero attached hydrogens (tertiary/aromatic N) is 1. The second-order valence-electron chi connectivity index (χ2n) is 9.11. The topological polar surface area (TPSA) is 20.3 Å². The first kappa shape index (κ1) is 27.5. The van der Waals surface area contributed by atoms with Gasteiger partial charge in [0.2, 0.25) is 5.91 Å². The highest BCUT2D eigenvalue weighted by Crippen LogP contribution is 2.15. The van der Waals surface area contributed by atoms with Crippen molar-refractivity contribution in [1.82, 2.24) is 4.90 Å². The van der Waals surface area contributed by atoms with E-state index >= 15 is 0 Å². The lowest BCUT2D eigenvalue weighted by atomic mass is 10.0. The number of carbonyl (C=O) groups is 1. The summed E-state index contributed by atoms with van der Waals surface area (Å²) in [5, 5.41) is 0. The van der Waals surface area contributed by atoms with Gasteiger partial charge >= 0.3 is 0 Å². The molecule has 0 saturated carbocycles. The van der Waals surface area contributed by atoms with Gasteiger partial charge in [-0.25, -0.2) is 0 Å². The quantitative estimate of drug-likeness (QED) is 0.168. The van der Waals surface area contributed by atoms with Crippen LogP contribution in [0, 0.1) is 0 Å². The monoisotopic (exact) mass is 395 g/mol. The predicted octanol–water partition coefficient (Wildman–Crippen LogP) is 8.68. The molecule has 0 aliphatic heterocycles. The zero-order valence-corrected chi connectivity index (χ0v) is 19.9. The van der Waals surface area contributed by atoms with E-state index in [1.165, 1.54) is 128 Å². The summed E-state index contributed by atoms with van der Waals surface area (Å²) >= 11 is 0. The third-order valence-electron chi connectivity index (χ3n) is 5.99. The van der Waals surface area contributed by atoms with E-state index in [-0.39, 0.29) is 5.91 Å². The summed E-state index contributed by atoms with van der Waals surface area (Å²) in [6, 6.07) is 0. The van der Waals surface area contributed by atoms with Crippen LogP contribution < -0.4 is 0 Å². The van der Waals surface area contributed by atoms with Crippen LogP contribution in [0.5, 0.6) is 0 Å². The molecule has 28 heavy (non-hydrogen) atoms. The van der Waals surface area contributed by atoms with Gasteiger partial charge in [-0.1, -0.05) is 135 Å². The third kappa shape index (κ3) is 21.8. The Balaban J connectivity index is 3.04. The Kier molecular flexibility index (Phi) is 22.3. The van der Waals surface area contributed by atoms with Crippen LogP contribution in [-0.2, 0) is 4.79 Å². The van der Waals surface area contributed by atoms with Crippen LogP contribution in [-0.4, -0.2) is 24.9 Å². The number of amides is 1. The number of hydrogen-bond acceptors (Lipinski definition) is 1. The Morgan fingerprint density at radius 3 is 0.964 bits per heavy atom. The molecule has 0 bridgehead atoms. The Labute approximate surface area is 178 Å². The SMILES string of the molecule is CCCCCCCCCCCCCCCCCCCCCCCC(=O)N(C)C. The first-order chi connectivity index (χ1) is 13.7. The standard InChI is InChI=1S/C26H53NO/c1-4-5-6-7-8-9-10-11-12-13-14-15-16-17-18-19-20-21-22-23-24-25-26(28)27(2)3/h4-25H2,1-3H3. The van der Waals surface area contributed by atoms with Crippen molar-refractivity contribution in [2.45, 2.75) is 148 Å². The Morgan fingerprint density at radius 1 is 0.464 bits per heavy atom. The first-order valence-corrected chi connectivity index (χ1v) is 12.9. The van der Waals surface area contributed by atoms with Gasteiger partial charge in [0.15, 0.2) is 0 Å². The van der Waals surface area contributed by atoms with E-state index in [1.54, 1.807) is 4.90 Å². The van der Waals surface area contributed by atoms with Gasteiger partial charge in [0.05, 0.1) is 0 Å². The molecule has 0 aromatic rings. The van der Waals surface area contributed by atoms with Crippen molar-refractivity contribution < 1.29 is 4.79 Å². The fraction of sp³-hybridized carbons (Fsp3) is 0.962. The average molecular weight is 396 g/mol. The molecule has 0 aliphatic carbocycles. The average Bonchev–Trinajstić information content (AvgIpc) is 2.68. The van der Waals surface area contributed by atoms with Gasteiger partial charge in [0.1, 0.15) is 0 Å². The molecule has 0 N–H and O–H groups in total. The van der Waals surface area contributed by atoms with Gasteiger partial charge in [-0.3, -0.25) is 4.79 Å². The highest BCUT2D eigenvalue weighted by molar-refractivity contribution is 5.75. The van der Waals surface area contributed by atoms with Gasteiger partial charge in [0.25, 0.3) is 0 Å². The van der Waals surface area contributed by atoms with Gasteiger partial charge in [-0.15, -0.1) is 0 Å². The minimum Gasteiger partial charge on any atom is -0.349 e. The minimum atomic E-state index is 0.276. The maximum atomic E-state index is 11.5. The maximum Gasteiger partial charge on any atom is 0.222 e. The number of hydrogen-bond donors (Lipinski definition) is 0. The van der Waals surface area contributed by atoms with Crippen LogP contribution in [0.4, 0.5) is 0 Å². The Hall–Kier alpha value is -0.530. The van der Waals surface area contributed by atoms with Crippen molar-refractivity contribution in [3.05, 3.63) is 0 Å². The summed E-state index contributed by atoms with van der Waals surface area (Å²) in [5.74, 6) is 0.276. The fourth-order valence-electron chi connectivity index (χ4n) is 3.93. The van der Waals surface area contributed by atoms with Crippen LogP contribution in [0.3, 0.4) is 0 Å². The molecule has 0 spiro atoms. The molecule has 0 radical (unpaired) electrons. The molecule has 0 atom stereocenters. The molecule has 2 heteroatoms. The number of carbonyl (C=O) groups excluding carboxylic acids is 1. The predicted molar refractivity (Wildman–Crippen MR) is 126 cm³/mol. The highest BCUT2D eigenvalue weighted by atomic mass is 16.2.